The lowest BCUT2D eigenvalue weighted by Crippen LogP contribution is -2.29. The van der Waals surface area contributed by atoms with E-state index in [0.29, 0.717) is 6.61 Å². The van der Waals surface area contributed by atoms with Crippen molar-refractivity contribution in [1.29, 1.82) is 0 Å². The van der Waals surface area contributed by atoms with Gasteiger partial charge in [0.1, 0.15) is 17.5 Å². The van der Waals surface area contributed by atoms with Crippen LogP contribution in [0.1, 0.15) is 45.6 Å². The number of rotatable bonds is 11. The lowest BCUT2D eigenvalue weighted by atomic mass is 9.94. The summed E-state index contributed by atoms with van der Waals surface area (Å²) < 4.78 is 10.5. The third-order valence-corrected chi connectivity index (χ3v) is 3.63. The summed E-state index contributed by atoms with van der Waals surface area (Å²) in [6.07, 6.45) is -0.0292. The molecule has 0 aromatic heterocycles. The molecule has 132 valence electrons. The molecule has 5 nitrogen and oxygen atoms in total. The molecule has 0 N–H and O–H groups in total. The predicted molar refractivity (Wildman–Crippen MR) is 90.4 cm³/mol. The van der Waals surface area contributed by atoms with Gasteiger partial charge in [-0.1, -0.05) is 37.3 Å². The summed E-state index contributed by atoms with van der Waals surface area (Å²) in [7, 11) is 0. The second-order valence-corrected chi connectivity index (χ2v) is 5.68. The Morgan fingerprint density at radius 3 is 2.29 bits per heavy atom. The molecule has 1 aromatic carbocycles. The van der Waals surface area contributed by atoms with E-state index in [0.717, 1.165) is 5.56 Å². The van der Waals surface area contributed by atoms with Crippen LogP contribution in [0.25, 0.3) is 0 Å². The van der Waals surface area contributed by atoms with Gasteiger partial charge >= 0.3 is 5.97 Å². The van der Waals surface area contributed by atoms with Gasteiger partial charge in [-0.25, -0.2) is 0 Å². The predicted octanol–water partition coefficient (Wildman–Crippen LogP) is 3.10. The molecule has 0 radical (unpaired) electrons. The molecule has 0 aliphatic carbocycles. The standard InChI is InChI=1S/C19H26O5/c1-4-18(21)17(19(22)23-5-2)12-16(20)11-14(3)24-13-15-9-7-6-8-10-15/h6-10,14,17H,4-5,11-13H2,1-3H3/t14-,17?/m0/s1. The normalized spacial score (nSPS) is 13.1. The van der Waals surface area contributed by atoms with Crippen molar-refractivity contribution >= 4 is 17.5 Å². The number of carbonyl (C=O) groups excluding carboxylic acids is 3. The highest BCUT2D eigenvalue weighted by Crippen LogP contribution is 2.14. The number of benzene rings is 1. The lowest BCUT2D eigenvalue weighted by Gasteiger charge is -2.16. The fourth-order valence-electron chi connectivity index (χ4n) is 2.32. The van der Waals surface area contributed by atoms with Crippen molar-refractivity contribution in [2.24, 2.45) is 5.92 Å². The zero-order valence-corrected chi connectivity index (χ0v) is 14.6. The number of ether oxygens (including phenoxy) is 2. The van der Waals surface area contributed by atoms with Gasteiger partial charge in [0.2, 0.25) is 0 Å². The van der Waals surface area contributed by atoms with Crippen LogP contribution in [0, 0.1) is 5.92 Å². The van der Waals surface area contributed by atoms with E-state index in [-0.39, 0.29) is 43.5 Å². The number of Topliss-reactive ketones (excluding diaryl/α,β-unsaturated/α-hetero) is 2. The van der Waals surface area contributed by atoms with E-state index >= 15 is 0 Å². The van der Waals surface area contributed by atoms with Crippen LogP contribution in [-0.4, -0.2) is 30.2 Å². The Balaban J connectivity index is 2.49. The maximum absolute atomic E-state index is 12.2. The first-order valence-corrected chi connectivity index (χ1v) is 8.34. The van der Waals surface area contributed by atoms with Crippen molar-refractivity contribution in [3.63, 3.8) is 0 Å². The Labute approximate surface area is 143 Å². The first-order valence-electron chi connectivity index (χ1n) is 8.34. The van der Waals surface area contributed by atoms with Crippen LogP contribution in [-0.2, 0) is 30.5 Å². The number of esters is 1. The van der Waals surface area contributed by atoms with Gasteiger partial charge in [-0.05, 0) is 19.4 Å². The Bertz CT molecular complexity index is 538. The van der Waals surface area contributed by atoms with Crippen molar-refractivity contribution in [3.05, 3.63) is 35.9 Å². The summed E-state index contributed by atoms with van der Waals surface area (Å²) in [5, 5.41) is 0. The zero-order valence-electron chi connectivity index (χ0n) is 14.6. The summed E-state index contributed by atoms with van der Waals surface area (Å²) in [5.74, 6) is -2.05. The molecule has 0 aliphatic rings. The summed E-state index contributed by atoms with van der Waals surface area (Å²) in [5.41, 5.74) is 1.03. The molecule has 0 heterocycles. The first-order chi connectivity index (χ1) is 11.5. The third kappa shape index (κ3) is 7.04. The summed E-state index contributed by atoms with van der Waals surface area (Å²) in [6, 6.07) is 9.68. The van der Waals surface area contributed by atoms with Gasteiger partial charge in [-0.15, -0.1) is 0 Å². The van der Waals surface area contributed by atoms with E-state index in [1.165, 1.54) is 0 Å². The molecular weight excluding hydrogens is 308 g/mol. The van der Waals surface area contributed by atoms with Crippen LogP contribution >= 0.6 is 0 Å². The van der Waals surface area contributed by atoms with Crippen molar-refractivity contribution in [1.82, 2.24) is 0 Å². The summed E-state index contributed by atoms with van der Waals surface area (Å²) in [4.78, 5) is 35.9. The minimum Gasteiger partial charge on any atom is -0.465 e. The summed E-state index contributed by atoms with van der Waals surface area (Å²) >= 11 is 0. The molecule has 0 bridgehead atoms. The molecular formula is C19H26O5. The van der Waals surface area contributed by atoms with E-state index in [2.05, 4.69) is 0 Å². The van der Waals surface area contributed by atoms with E-state index in [9.17, 15) is 14.4 Å². The topological polar surface area (TPSA) is 69.7 Å². The monoisotopic (exact) mass is 334 g/mol. The lowest BCUT2D eigenvalue weighted by molar-refractivity contribution is -0.153. The van der Waals surface area contributed by atoms with E-state index < -0.39 is 11.9 Å². The molecule has 1 unspecified atom stereocenters. The van der Waals surface area contributed by atoms with Gasteiger partial charge in [0, 0.05) is 19.3 Å². The molecule has 24 heavy (non-hydrogen) atoms. The fourth-order valence-corrected chi connectivity index (χ4v) is 2.32. The fraction of sp³-hybridized carbons (Fsp3) is 0.526. The highest BCUT2D eigenvalue weighted by atomic mass is 16.5. The second-order valence-electron chi connectivity index (χ2n) is 5.68. The van der Waals surface area contributed by atoms with Crippen LogP contribution in [0.3, 0.4) is 0 Å². The van der Waals surface area contributed by atoms with Crippen molar-refractivity contribution in [2.75, 3.05) is 6.61 Å². The van der Waals surface area contributed by atoms with Crippen molar-refractivity contribution in [3.8, 4) is 0 Å². The molecule has 2 atom stereocenters. The SMILES string of the molecule is CCOC(=O)C(CC(=O)C[C@H](C)OCc1ccccc1)C(=O)CC. The Hall–Kier alpha value is -2.01. The van der Waals surface area contributed by atoms with Crippen LogP contribution in [0.4, 0.5) is 0 Å². The number of hydrogen-bond donors (Lipinski definition) is 0. The molecule has 0 saturated heterocycles. The zero-order chi connectivity index (χ0) is 17.9. The van der Waals surface area contributed by atoms with E-state index in [1.807, 2.05) is 37.3 Å². The van der Waals surface area contributed by atoms with Gasteiger partial charge in [-0.2, -0.15) is 0 Å². The van der Waals surface area contributed by atoms with Gasteiger partial charge in [0.25, 0.3) is 0 Å². The number of carbonyl (C=O) groups is 3. The Morgan fingerprint density at radius 1 is 1.04 bits per heavy atom. The average molecular weight is 334 g/mol. The first kappa shape index (κ1) is 20.0. The van der Waals surface area contributed by atoms with Crippen LogP contribution in [0.2, 0.25) is 0 Å². The quantitative estimate of drug-likeness (QED) is 0.459. The van der Waals surface area contributed by atoms with Crippen molar-refractivity contribution in [2.45, 2.75) is 52.7 Å². The Morgan fingerprint density at radius 2 is 1.71 bits per heavy atom. The maximum Gasteiger partial charge on any atom is 0.316 e. The van der Waals surface area contributed by atoms with E-state index in [1.54, 1.807) is 13.8 Å². The van der Waals surface area contributed by atoms with Gasteiger partial charge in [0.15, 0.2) is 0 Å². The molecule has 5 heteroatoms. The second kappa shape index (κ2) is 10.7. The molecule has 0 aliphatic heterocycles. The minimum atomic E-state index is -0.997. The number of ketones is 2. The smallest absolute Gasteiger partial charge is 0.316 e. The van der Waals surface area contributed by atoms with Crippen molar-refractivity contribution < 1.29 is 23.9 Å². The van der Waals surface area contributed by atoms with Crippen LogP contribution in [0.15, 0.2) is 30.3 Å². The molecule has 0 spiro atoms. The van der Waals surface area contributed by atoms with Gasteiger partial charge in [-0.3, -0.25) is 14.4 Å². The highest BCUT2D eigenvalue weighted by Gasteiger charge is 2.29. The number of hydrogen-bond acceptors (Lipinski definition) is 5. The van der Waals surface area contributed by atoms with Gasteiger partial charge in [0.05, 0.1) is 19.3 Å². The minimum absolute atomic E-state index is 0.120. The van der Waals surface area contributed by atoms with Crippen LogP contribution < -0.4 is 0 Å². The maximum atomic E-state index is 12.2. The van der Waals surface area contributed by atoms with Gasteiger partial charge < -0.3 is 9.47 Å². The largest absolute Gasteiger partial charge is 0.465 e. The third-order valence-electron chi connectivity index (χ3n) is 3.63. The average Bonchev–Trinajstić information content (AvgIpc) is 2.58. The summed E-state index contributed by atoms with van der Waals surface area (Å²) in [6.45, 7) is 5.76. The molecule has 0 fully saturated rings. The molecule has 1 rings (SSSR count). The molecule has 0 amide bonds. The molecule has 1 aromatic rings. The van der Waals surface area contributed by atoms with Crippen LogP contribution in [0.5, 0.6) is 0 Å². The highest BCUT2D eigenvalue weighted by molar-refractivity contribution is 6.02. The Kier molecular flexibility index (Phi) is 8.94. The molecule has 0 saturated carbocycles. The van der Waals surface area contributed by atoms with E-state index in [4.69, 9.17) is 9.47 Å².